The Morgan fingerprint density at radius 2 is 1.74 bits per heavy atom. The molecule has 23 heavy (non-hydrogen) atoms. The summed E-state index contributed by atoms with van der Waals surface area (Å²) in [5.41, 5.74) is 0. The van der Waals surface area contributed by atoms with E-state index in [0.29, 0.717) is 17.2 Å². The summed E-state index contributed by atoms with van der Waals surface area (Å²) in [4.78, 5) is 10.9. The smallest absolute Gasteiger partial charge is 0.257 e. The van der Waals surface area contributed by atoms with Crippen LogP contribution in [-0.2, 0) is 0 Å². The maximum atomic E-state index is 13.1. The van der Waals surface area contributed by atoms with Crippen LogP contribution in [0.3, 0.4) is 0 Å². The fourth-order valence-electron chi connectivity index (χ4n) is 1.75. The zero-order valence-corrected chi connectivity index (χ0v) is 13.0. The molecule has 2 aromatic carbocycles. The third-order valence-corrected chi connectivity index (χ3v) is 3.27. The van der Waals surface area contributed by atoms with Gasteiger partial charge < -0.3 is 19.4 Å². The minimum absolute atomic E-state index is 0.241. The molecule has 0 aromatic heterocycles. The standard InChI is InChI=1S/C17H18FNO4/c1-19(2,17(20)21)10-11-22-14-6-8-15(9-7-14)23-16-5-3-4-13(18)12-16/h3-9,12H,10-11H2,1-2H3. The zero-order valence-electron chi connectivity index (χ0n) is 13.0. The van der Waals surface area contributed by atoms with Gasteiger partial charge in [0.2, 0.25) is 0 Å². The molecule has 0 aliphatic heterocycles. The number of rotatable bonds is 6. The highest BCUT2D eigenvalue weighted by molar-refractivity contribution is 5.53. The number of carboxylic acid groups (broad SMARTS) is 1. The van der Waals surface area contributed by atoms with Crippen molar-refractivity contribution >= 4 is 6.09 Å². The van der Waals surface area contributed by atoms with E-state index in [0.717, 1.165) is 0 Å². The molecule has 0 saturated heterocycles. The lowest BCUT2D eigenvalue weighted by Gasteiger charge is -2.28. The number of ether oxygens (including phenoxy) is 2. The maximum absolute atomic E-state index is 13.1. The Labute approximate surface area is 134 Å². The Bertz CT molecular complexity index is 671. The van der Waals surface area contributed by atoms with E-state index in [-0.39, 0.29) is 23.5 Å². The Morgan fingerprint density at radius 3 is 2.35 bits per heavy atom. The summed E-state index contributed by atoms with van der Waals surface area (Å²) in [5.74, 6) is 1.19. The summed E-state index contributed by atoms with van der Waals surface area (Å²) in [6.07, 6.45) is -1.16. The number of hydrogen-bond donors (Lipinski definition) is 0. The van der Waals surface area contributed by atoms with Gasteiger partial charge in [0, 0.05) is 6.07 Å². The Balaban J connectivity index is 1.88. The number of carbonyl (C=O) groups is 1. The van der Waals surface area contributed by atoms with Crippen molar-refractivity contribution in [2.75, 3.05) is 27.2 Å². The van der Waals surface area contributed by atoms with E-state index in [1.165, 1.54) is 26.2 Å². The van der Waals surface area contributed by atoms with Crippen LogP contribution >= 0.6 is 0 Å². The molecule has 0 bridgehead atoms. The number of benzene rings is 2. The molecule has 0 unspecified atom stereocenters. The molecular formula is C17H18FNO4. The van der Waals surface area contributed by atoms with Crippen molar-refractivity contribution in [2.24, 2.45) is 0 Å². The third-order valence-electron chi connectivity index (χ3n) is 3.27. The predicted molar refractivity (Wildman–Crippen MR) is 80.8 cm³/mol. The Hall–Kier alpha value is -2.60. The number of nitrogens with zero attached hydrogens (tertiary/aromatic N) is 1. The first kappa shape index (κ1) is 16.8. The molecule has 0 radical (unpaired) electrons. The van der Waals surface area contributed by atoms with Crippen LogP contribution in [0.25, 0.3) is 0 Å². The van der Waals surface area contributed by atoms with Gasteiger partial charge in [-0.3, -0.25) is 4.48 Å². The number of likely N-dealkylation sites (N-methyl/N-ethyl adjacent to an activating group) is 1. The quantitative estimate of drug-likeness (QED) is 0.767. The molecule has 0 spiro atoms. The van der Waals surface area contributed by atoms with Gasteiger partial charge in [-0.1, -0.05) is 6.07 Å². The van der Waals surface area contributed by atoms with Crippen molar-refractivity contribution in [3.8, 4) is 17.2 Å². The Morgan fingerprint density at radius 1 is 1.09 bits per heavy atom. The summed E-state index contributed by atoms with van der Waals surface area (Å²) in [7, 11) is 3.07. The van der Waals surface area contributed by atoms with E-state index in [9.17, 15) is 14.3 Å². The fraction of sp³-hybridized carbons (Fsp3) is 0.235. The molecule has 0 N–H and O–H groups in total. The lowest BCUT2D eigenvalue weighted by molar-refractivity contribution is -0.838. The van der Waals surface area contributed by atoms with Crippen LogP contribution in [-0.4, -0.2) is 37.8 Å². The highest BCUT2D eigenvalue weighted by atomic mass is 19.1. The lowest BCUT2D eigenvalue weighted by atomic mass is 10.3. The third kappa shape index (κ3) is 4.96. The number of hydrogen-bond acceptors (Lipinski definition) is 4. The molecule has 0 aliphatic carbocycles. The second-order valence-electron chi connectivity index (χ2n) is 5.55. The molecule has 0 heterocycles. The van der Waals surface area contributed by atoms with E-state index < -0.39 is 6.09 Å². The highest BCUT2D eigenvalue weighted by Crippen LogP contribution is 2.24. The molecule has 2 aromatic rings. The van der Waals surface area contributed by atoms with Crippen LogP contribution in [0.4, 0.5) is 9.18 Å². The monoisotopic (exact) mass is 319 g/mol. The van der Waals surface area contributed by atoms with Crippen molar-refractivity contribution in [3.63, 3.8) is 0 Å². The summed E-state index contributed by atoms with van der Waals surface area (Å²) >= 11 is 0. The van der Waals surface area contributed by atoms with Crippen LogP contribution in [0.2, 0.25) is 0 Å². The van der Waals surface area contributed by atoms with Gasteiger partial charge in [-0.15, -0.1) is 0 Å². The van der Waals surface area contributed by atoms with Crippen molar-refractivity contribution in [3.05, 3.63) is 54.3 Å². The first-order valence-corrected chi connectivity index (χ1v) is 7.08. The molecule has 5 nitrogen and oxygen atoms in total. The molecule has 0 aliphatic rings. The molecule has 0 saturated carbocycles. The average molecular weight is 319 g/mol. The topological polar surface area (TPSA) is 58.6 Å². The molecule has 122 valence electrons. The van der Waals surface area contributed by atoms with Gasteiger partial charge in [0.25, 0.3) is 6.09 Å². The normalized spacial score (nSPS) is 11.1. The van der Waals surface area contributed by atoms with Crippen LogP contribution in [0.15, 0.2) is 48.5 Å². The largest absolute Gasteiger partial charge is 0.498 e. The van der Waals surface area contributed by atoms with Gasteiger partial charge >= 0.3 is 0 Å². The van der Waals surface area contributed by atoms with Crippen molar-refractivity contribution in [1.29, 1.82) is 0 Å². The minimum Gasteiger partial charge on any atom is -0.498 e. The van der Waals surface area contributed by atoms with Crippen molar-refractivity contribution in [1.82, 2.24) is 0 Å². The second kappa shape index (κ2) is 7.11. The summed E-state index contributed by atoms with van der Waals surface area (Å²) in [6.45, 7) is 0.523. The molecule has 2 rings (SSSR count). The molecular weight excluding hydrogens is 301 g/mol. The van der Waals surface area contributed by atoms with Gasteiger partial charge in [-0.25, -0.2) is 4.39 Å². The van der Waals surface area contributed by atoms with E-state index in [2.05, 4.69) is 0 Å². The van der Waals surface area contributed by atoms with Crippen LogP contribution in [0, 0.1) is 5.82 Å². The molecule has 0 fully saturated rings. The summed E-state index contributed by atoms with van der Waals surface area (Å²) < 4.78 is 23.8. The first-order chi connectivity index (χ1) is 10.9. The minimum atomic E-state index is -1.16. The molecule has 0 atom stereocenters. The van der Waals surface area contributed by atoms with E-state index >= 15 is 0 Å². The van der Waals surface area contributed by atoms with Gasteiger partial charge in [0.15, 0.2) is 0 Å². The number of amides is 1. The van der Waals surface area contributed by atoms with Crippen molar-refractivity contribution < 1.29 is 28.2 Å². The first-order valence-electron chi connectivity index (χ1n) is 7.08. The van der Waals surface area contributed by atoms with E-state index in [4.69, 9.17) is 9.47 Å². The van der Waals surface area contributed by atoms with Gasteiger partial charge in [-0.2, -0.15) is 0 Å². The van der Waals surface area contributed by atoms with Crippen LogP contribution in [0.1, 0.15) is 0 Å². The van der Waals surface area contributed by atoms with Crippen LogP contribution in [0.5, 0.6) is 17.2 Å². The molecule has 1 amide bonds. The summed E-state index contributed by atoms with van der Waals surface area (Å²) in [5, 5.41) is 10.9. The molecule has 6 heteroatoms. The SMILES string of the molecule is C[N+](C)(CCOc1ccc(Oc2cccc(F)c2)cc1)C(=O)[O-]. The fourth-order valence-corrected chi connectivity index (χ4v) is 1.75. The zero-order chi connectivity index (χ0) is 16.9. The maximum Gasteiger partial charge on any atom is 0.257 e. The summed E-state index contributed by atoms with van der Waals surface area (Å²) in [6, 6.07) is 12.7. The van der Waals surface area contributed by atoms with E-state index in [1.807, 2.05) is 0 Å². The number of carbonyl (C=O) groups excluding carboxylic acids is 1. The second-order valence-corrected chi connectivity index (χ2v) is 5.55. The van der Waals surface area contributed by atoms with Gasteiger partial charge in [0.1, 0.15) is 36.2 Å². The lowest BCUT2D eigenvalue weighted by Crippen LogP contribution is -2.54. The van der Waals surface area contributed by atoms with Crippen LogP contribution < -0.4 is 14.6 Å². The average Bonchev–Trinajstić information content (AvgIpc) is 2.49. The van der Waals surface area contributed by atoms with Gasteiger partial charge in [-0.05, 0) is 36.4 Å². The number of quaternary nitrogens is 1. The number of halogens is 1. The Kier molecular flexibility index (Phi) is 5.18. The highest BCUT2D eigenvalue weighted by Gasteiger charge is 2.17. The predicted octanol–water partition coefficient (Wildman–Crippen LogP) is 2.42. The van der Waals surface area contributed by atoms with E-state index in [1.54, 1.807) is 36.4 Å². The van der Waals surface area contributed by atoms with Gasteiger partial charge in [0.05, 0.1) is 14.1 Å². The van der Waals surface area contributed by atoms with Crippen molar-refractivity contribution in [2.45, 2.75) is 0 Å².